The lowest BCUT2D eigenvalue weighted by atomic mass is 10.0. The summed E-state index contributed by atoms with van der Waals surface area (Å²) in [4.78, 5) is 2.49. The Balaban J connectivity index is 1.48. The third-order valence-corrected chi connectivity index (χ3v) is 5.07. The molecule has 2 aromatic rings. The number of anilines is 1. The molecule has 3 rings (SSSR count). The minimum absolute atomic E-state index is 0.661. The van der Waals surface area contributed by atoms with Gasteiger partial charge < -0.3 is 10.2 Å². The van der Waals surface area contributed by atoms with Gasteiger partial charge in [0.15, 0.2) is 0 Å². The lowest BCUT2D eigenvalue weighted by Crippen LogP contribution is -2.42. The number of para-hydroxylation sites is 1. The van der Waals surface area contributed by atoms with E-state index in [1.54, 1.807) is 11.3 Å². The van der Waals surface area contributed by atoms with Crippen LogP contribution < -0.4 is 10.2 Å². The third-order valence-electron chi connectivity index (χ3n) is 4.16. The second-order valence-electron chi connectivity index (χ2n) is 5.56. The summed E-state index contributed by atoms with van der Waals surface area (Å²) in [6.07, 6.45) is 2.47. The number of rotatable bonds is 4. The van der Waals surface area contributed by atoms with Crippen LogP contribution in [0.25, 0.3) is 0 Å². The summed E-state index contributed by atoms with van der Waals surface area (Å²) in [6, 6.07) is 11.4. The fraction of sp³-hybridized carbons (Fsp3) is 0.412. The molecule has 1 aliphatic heterocycles. The van der Waals surface area contributed by atoms with Crippen molar-refractivity contribution in [3.63, 3.8) is 0 Å². The zero-order valence-corrected chi connectivity index (χ0v) is 12.8. The van der Waals surface area contributed by atoms with Crippen molar-refractivity contribution in [2.45, 2.75) is 32.4 Å². The topological polar surface area (TPSA) is 15.3 Å². The number of piperidine rings is 1. The van der Waals surface area contributed by atoms with Gasteiger partial charge in [-0.05, 0) is 53.8 Å². The van der Waals surface area contributed by atoms with Crippen LogP contribution in [0.5, 0.6) is 0 Å². The molecule has 2 heterocycles. The number of hydrogen-bond acceptors (Lipinski definition) is 3. The number of benzene rings is 1. The molecule has 0 radical (unpaired) electrons. The molecule has 0 atom stereocenters. The highest BCUT2D eigenvalue weighted by atomic mass is 32.1. The van der Waals surface area contributed by atoms with Crippen molar-refractivity contribution in [2.24, 2.45) is 0 Å². The molecular weight excluding hydrogens is 264 g/mol. The average molecular weight is 286 g/mol. The standard InChI is InChI=1S/C17H22N2S/c1-14-12-20-13-15(14)11-18-16-7-9-19(10-8-16)17-5-3-2-4-6-17/h2-6,12-13,16,18H,7-11H2,1H3. The Bertz CT molecular complexity index is 527. The van der Waals surface area contributed by atoms with Crippen molar-refractivity contribution in [2.75, 3.05) is 18.0 Å². The summed E-state index contributed by atoms with van der Waals surface area (Å²) in [5, 5.41) is 8.21. The molecule has 20 heavy (non-hydrogen) atoms. The van der Waals surface area contributed by atoms with Gasteiger partial charge in [-0.25, -0.2) is 0 Å². The van der Waals surface area contributed by atoms with Crippen LogP contribution in [0.15, 0.2) is 41.1 Å². The first kappa shape index (κ1) is 13.7. The van der Waals surface area contributed by atoms with Crippen LogP contribution in [-0.4, -0.2) is 19.1 Å². The lowest BCUT2D eigenvalue weighted by Gasteiger charge is -2.34. The monoisotopic (exact) mass is 286 g/mol. The van der Waals surface area contributed by atoms with Crippen molar-refractivity contribution in [3.05, 3.63) is 52.2 Å². The summed E-state index contributed by atoms with van der Waals surface area (Å²) in [7, 11) is 0. The van der Waals surface area contributed by atoms with E-state index in [0.717, 1.165) is 19.6 Å². The van der Waals surface area contributed by atoms with Crippen LogP contribution in [0.3, 0.4) is 0 Å². The van der Waals surface area contributed by atoms with Crippen LogP contribution in [0, 0.1) is 6.92 Å². The van der Waals surface area contributed by atoms with Crippen LogP contribution in [0.4, 0.5) is 5.69 Å². The Hall–Kier alpha value is -1.32. The fourth-order valence-corrected chi connectivity index (χ4v) is 3.66. The van der Waals surface area contributed by atoms with Gasteiger partial charge in [-0.1, -0.05) is 18.2 Å². The Morgan fingerprint density at radius 1 is 1.15 bits per heavy atom. The van der Waals surface area contributed by atoms with E-state index in [-0.39, 0.29) is 0 Å². The molecule has 0 spiro atoms. The second-order valence-corrected chi connectivity index (χ2v) is 6.30. The van der Waals surface area contributed by atoms with E-state index < -0.39 is 0 Å². The van der Waals surface area contributed by atoms with Crippen LogP contribution >= 0.6 is 11.3 Å². The summed E-state index contributed by atoms with van der Waals surface area (Å²) in [5.74, 6) is 0. The molecule has 0 amide bonds. The third kappa shape index (κ3) is 3.22. The number of nitrogens with one attached hydrogen (secondary N) is 1. The van der Waals surface area contributed by atoms with Gasteiger partial charge in [0.05, 0.1) is 0 Å². The van der Waals surface area contributed by atoms with E-state index in [1.165, 1.54) is 29.7 Å². The molecule has 1 aromatic carbocycles. The highest BCUT2D eigenvalue weighted by Gasteiger charge is 2.18. The van der Waals surface area contributed by atoms with Crippen molar-refractivity contribution < 1.29 is 0 Å². The number of aryl methyl sites for hydroxylation is 1. The van der Waals surface area contributed by atoms with Gasteiger partial charge in [-0.3, -0.25) is 0 Å². The first-order valence-electron chi connectivity index (χ1n) is 7.38. The van der Waals surface area contributed by atoms with Gasteiger partial charge in [-0.15, -0.1) is 0 Å². The van der Waals surface area contributed by atoms with Crippen molar-refractivity contribution in [1.29, 1.82) is 0 Å². The Kier molecular flexibility index (Phi) is 4.38. The van der Waals surface area contributed by atoms with E-state index in [2.05, 4.69) is 58.2 Å². The second kappa shape index (κ2) is 6.42. The predicted octanol–water partition coefficient (Wildman–Crippen LogP) is 3.82. The van der Waals surface area contributed by atoms with Crippen molar-refractivity contribution in [1.82, 2.24) is 5.32 Å². The Morgan fingerprint density at radius 3 is 2.55 bits per heavy atom. The van der Waals surface area contributed by atoms with Gasteiger partial charge >= 0.3 is 0 Å². The van der Waals surface area contributed by atoms with Gasteiger partial charge in [0.25, 0.3) is 0 Å². The van der Waals surface area contributed by atoms with Gasteiger partial charge in [-0.2, -0.15) is 11.3 Å². The van der Waals surface area contributed by atoms with Crippen molar-refractivity contribution >= 4 is 17.0 Å². The Morgan fingerprint density at radius 2 is 1.90 bits per heavy atom. The highest BCUT2D eigenvalue weighted by Crippen LogP contribution is 2.20. The maximum atomic E-state index is 3.72. The molecule has 1 aliphatic rings. The molecule has 1 fully saturated rings. The maximum Gasteiger partial charge on any atom is 0.0366 e. The SMILES string of the molecule is Cc1cscc1CNC1CCN(c2ccccc2)CC1. The molecule has 2 nitrogen and oxygen atoms in total. The molecule has 3 heteroatoms. The van der Waals surface area contributed by atoms with Gasteiger partial charge in [0.1, 0.15) is 0 Å². The van der Waals surface area contributed by atoms with E-state index in [1.807, 2.05) is 0 Å². The van der Waals surface area contributed by atoms with E-state index in [9.17, 15) is 0 Å². The van der Waals surface area contributed by atoms with Crippen LogP contribution in [0.1, 0.15) is 24.0 Å². The van der Waals surface area contributed by atoms with Crippen molar-refractivity contribution in [3.8, 4) is 0 Å². The molecular formula is C17H22N2S. The molecule has 0 bridgehead atoms. The predicted molar refractivity (Wildman–Crippen MR) is 87.6 cm³/mol. The molecule has 106 valence electrons. The Labute approximate surface area is 125 Å². The molecule has 0 unspecified atom stereocenters. The first-order valence-corrected chi connectivity index (χ1v) is 8.32. The summed E-state index contributed by atoms with van der Waals surface area (Å²) in [5.41, 5.74) is 4.24. The zero-order valence-electron chi connectivity index (χ0n) is 12.0. The highest BCUT2D eigenvalue weighted by molar-refractivity contribution is 7.08. The number of thiophene rings is 1. The van der Waals surface area contributed by atoms with E-state index >= 15 is 0 Å². The minimum Gasteiger partial charge on any atom is -0.371 e. The molecule has 0 aliphatic carbocycles. The van der Waals surface area contributed by atoms with E-state index in [4.69, 9.17) is 0 Å². The quantitative estimate of drug-likeness (QED) is 0.919. The zero-order chi connectivity index (χ0) is 13.8. The number of nitrogens with zero attached hydrogens (tertiary/aromatic N) is 1. The molecule has 1 saturated heterocycles. The van der Waals surface area contributed by atoms with Gasteiger partial charge in [0, 0.05) is 31.4 Å². The normalized spacial score (nSPS) is 16.6. The lowest BCUT2D eigenvalue weighted by molar-refractivity contribution is 0.414. The number of hydrogen-bond donors (Lipinski definition) is 1. The molecule has 1 N–H and O–H groups in total. The fourth-order valence-electron chi connectivity index (χ4n) is 2.80. The first-order chi connectivity index (χ1) is 9.83. The largest absolute Gasteiger partial charge is 0.371 e. The summed E-state index contributed by atoms with van der Waals surface area (Å²) < 4.78 is 0. The molecule has 0 saturated carbocycles. The van der Waals surface area contributed by atoms with E-state index in [0.29, 0.717) is 6.04 Å². The minimum atomic E-state index is 0.661. The summed E-state index contributed by atoms with van der Waals surface area (Å²) in [6.45, 7) is 5.53. The average Bonchev–Trinajstić information content (AvgIpc) is 2.92. The smallest absolute Gasteiger partial charge is 0.0366 e. The van der Waals surface area contributed by atoms with Gasteiger partial charge in [0.2, 0.25) is 0 Å². The maximum absolute atomic E-state index is 3.72. The van der Waals surface area contributed by atoms with Crippen LogP contribution in [0.2, 0.25) is 0 Å². The molecule has 1 aromatic heterocycles. The summed E-state index contributed by atoms with van der Waals surface area (Å²) >= 11 is 1.80. The van der Waals surface area contributed by atoms with Crippen LogP contribution in [-0.2, 0) is 6.54 Å².